The molecular weight excluding hydrogens is 244 g/mol. The third-order valence-electron chi connectivity index (χ3n) is 3.35. The molecule has 102 valence electrons. The quantitative estimate of drug-likeness (QED) is 0.870. The van der Waals surface area contributed by atoms with Crippen molar-refractivity contribution in [3.05, 3.63) is 29.8 Å². The van der Waals surface area contributed by atoms with Crippen LogP contribution in [-0.4, -0.2) is 30.2 Å². The first kappa shape index (κ1) is 13.4. The molecule has 0 radical (unpaired) electrons. The number of rotatable bonds is 4. The van der Waals surface area contributed by atoms with Crippen molar-refractivity contribution in [1.82, 2.24) is 5.32 Å². The van der Waals surface area contributed by atoms with Crippen molar-refractivity contribution in [2.24, 2.45) is 5.92 Å². The molecule has 0 aliphatic carbocycles. The summed E-state index contributed by atoms with van der Waals surface area (Å²) < 4.78 is 0. The van der Waals surface area contributed by atoms with Crippen LogP contribution in [-0.2, 0) is 11.2 Å². The number of urea groups is 1. The maximum atomic E-state index is 11.8. The largest absolute Gasteiger partial charge is 0.481 e. The van der Waals surface area contributed by atoms with E-state index in [1.54, 1.807) is 4.90 Å². The highest BCUT2D eigenvalue weighted by molar-refractivity contribution is 5.92. The Hall–Kier alpha value is -2.04. The Bertz CT molecular complexity index is 470. The molecule has 1 aromatic carbocycles. The molecule has 2 N–H and O–H groups in total. The van der Waals surface area contributed by atoms with E-state index in [1.807, 2.05) is 24.3 Å². The average Bonchev–Trinajstić information content (AvgIpc) is 2.40. The molecule has 5 heteroatoms. The maximum Gasteiger partial charge on any atom is 0.321 e. The maximum absolute atomic E-state index is 11.8. The van der Waals surface area contributed by atoms with Crippen LogP contribution in [0, 0.1) is 5.92 Å². The second-order valence-corrected chi connectivity index (χ2v) is 4.78. The number of aryl methyl sites for hydroxylation is 1. The number of carbonyl (C=O) groups is 2. The van der Waals surface area contributed by atoms with E-state index in [9.17, 15) is 9.59 Å². The standard InChI is InChI=1S/C14H18N2O3/c1-2-10-3-5-12(6-4-10)16-9-11(7-13(17)18)8-15-14(16)19/h3-6,11H,2,7-9H2,1H3,(H,15,19)(H,17,18). The fraction of sp³-hybridized carbons (Fsp3) is 0.429. The van der Waals surface area contributed by atoms with Gasteiger partial charge in [0.2, 0.25) is 0 Å². The third-order valence-corrected chi connectivity index (χ3v) is 3.35. The second kappa shape index (κ2) is 5.73. The van der Waals surface area contributed by atoms with Crippen molar-refractivity contribution in [2.75, 3.05) is 18.0 Å². The van der Waals surface area contributed by atoms with Crippen LogP contribution in [0.15, 0.2) is 24.3 Å². The van der Waals surface area contributed by atoms with Crippen molar-refractivity contribution >= 4 is 17.7 Å². The van der Waals surface area contributed by atoms with Gasteiger partial charge in [0, 0.05) is 24.7 Å². The fourth-order valence-electron chi connectivity index (χ4n) is 2.25. The molecule has 0 aromatic heterocycles. The number of carboxylic acid groups (broad SMARTS) is 1. The lowest BCUT2D eigenvalue weighted by atomic mass is 10.0. The van der Waals surface area contributed by atoms with Crippen molar-refractivity contribution in [1.29, 1.82) is 0 Å². The van der Waals surface area contributed by atoms with Gasteiger partial charge in [-0.2, -0.15) is 0 Å². The Morgan fingerprint density at radius 1 is 1.42 bits per heavy atom. The normalized spacial score (nSPS) is 19.1. The monoisotopic (exact) mass is 262 g/mol. The minimum absolute atomic E-state index is 0.0546. The number of amides is 2. The summed E-state index contributed by atoms with van der Waals surface area (Å²) in [6.07, 6.45) is 1.03. The molecule has 2 rings (SSSR count). The number of aliphatic carboxylic acids is 1. The summed E-state index contributed by atoms with van der Waals surface area (Å²) in [4.78, 5) is 24.2. The lowest BCUT2D eigenvalue weighted by Gasteiger charge is -2.32. The van der Waals surface area contributed by atoms with E-state index in [4.69, 9.17) is 5.11 Å². The summed E-state index contributed by atoms with van der Waals surface area (Å²) in [5, 5.41) is 11.6. The van der Waals surface area contributed by atoms with Crippen LogP contribution in [0.2, 0.25) is 0 Å². The van der Waals surface area contributed by atoms with Gasteiger partial charge in [-0.3, -0.25) is 9.69 Å². The van der Waals surface area contributed by atoms with Gasteiger partial charge in [0.15, 0.2) is 0 Å². The molecule has 1 saturated heterocycles. The van der Waals surface area contributed by atoms with Crippen molar-refractivity contribution in [2.45, 2.75) is 19.8 Å². The average molecular weight is 262 g/mol. The minimum Gasteiger partial charge on any atom is -0.481 e. The SMILES string of the molecule is CCc1ccc(N2CC(CC(=O)O)CNC2=O)cc1. The summed E-state index contributed by atoms with van der Waals surface area (Å²) in [5.74, 6) is -0.886. The zero-order valence-corrected chi connectivity index (χ0v) is 10.9. The van der Waals surface area contributed by atoms with E-state index in [-0.39, 0.29) is 18.4 Å². The van der Waals surface area contributed by atoms with Gasteiger partial charge in [0.05, 0.1) is 6.42 Å². The molecule has 0 bridgehead atoms. The van der Waals surface area contributed by atoms with E-state index in [0.29, 0.717) is 13.1 Å². The lowest BCUT2D eigenvalue weighted by molar-refractivity contribution is -0.138. The molecule has 1 fully saturated rings. The van der Waals surface area contributed by atoms with Crippen molar-refractivity contribution < 1.29 is 14.7 Å². The molecule has 1 unspecified atom stereocenters. The van der Waals surface area contributed by atoms with Gasteiger partial charge in [-0.15, -0.1) is 0 Å². The Labute approximate surface area is 112 Å². The third kappa shape index (κ3) is 3.24. The van der Waals surface area contributed by atoms with E-state index < -0.39 is 5.97 Å². The zero-order chi connectivity index (χ0) is 13.8. The van der Waals surface area contributed by atoms with Gasteiger partial charge in [0.25, 0.3) is 0 Å². The molecule has 0 spiro atoms. The van der Waals surface area contributed by atoms with Crippen molar-refractivity contribution in [3.8, 4) is 0 Å². The molecule has 5 nitrogen and oxygen atoms in total. The highest BCUT2D eigenvalue weighted by Crippen LogP contribution is 2.20. The Morgan fingerprint density at radius 2 is 2.11 bits per heavy atom. The number of carboxylic acids is 1. The van der Waals surface area contributed by atoms with Gasteiger partial charge < -0.3 is 10.4 Å². The zero-order valence-electron chi connectivity index (χ0n) is 10.9. The molecular formula is C14H18N2O3. The molecule has 1 heterocycles. The van der Waals surface area contributed by atoms with Crippen LogP contribution >= 0.6 is 0 Å². The Balaban J connectivity index is 2.11. The van der Waals surface area contributed by atoms with Crippen LogP contribution in [0.25, 0.3) is 0 Å². The van der Waals surface area contributed by atoms with Crippen LogP contribution in [0.5, 0.6) is 0 Å². The summed E-state index contributed by atoms with van der Waals surface area (Å²) in [7, 11) is 0. The van der Waals surface area contributed by atoms with Gasteiger partial charge in [0.1, 0.15) is 0 Å². The summed E-state index contributed by atoms with van der Waals surface area (Å²) in [6.45, 7) is 2.95. The molecule has 1 atom stereocenters. The smallest absolute Gasteiger partial charge is 0.321 e. The number of benzene rings is 1. The van der Waals surface area contributed by atoms with Gasteiger partial charge in [-0.25, -0.2) is 4.79 Å². The summed E-state index contributed by atoms with van der Waals surface area (Å²) in [5.41, 5.74) is 2.02. The number of nitrogens with one attached hydrogen (secondary N) is 1. The molecule has 19 heavy (non-hydrogen) atoms. The molecule has 0 saturated carbocycles. The Morgan fingerprint density at radius 3 is 2.68 bits per heavy atom. The summed E-state index contributed by atoms with van der Waals surface area (Å²) >= 11 is 0. The summed E-state index contributed by atoms with van der Waals surface area (Å²) in [6, 6.07) is 7.63. The van der Waals surface area contributed by atoms with Crippen LogP contribution in [0.3, 0.4) is 0 Å². The predicted molar refractivity (Wildman–Crippen MR) is 72.3 cm³/mol. The van der Waals surface area contributed by atoms with Gasteiger partial charge >= 0.3 is 12.0 Å². The van der Waals surface area contributed by atoms with E-state index >= 15 is 0 Å². The van der Waals surface area contributed by atoms with E-state index in [1.165, 1.54) is 5.56 Å². The topological polar surface area (TPSA) is 69.6 Å². The van der Waals surface area contributed by atoms with Crippen LogP contribution in [0.4, 0.5) is 10.5 Å². The van der Waals surface area contributed by atoms with E-state index in [0.717, 1.165) is 12.1 Å². The molecule has 1 aliphatic heterocycles. The van der Waals surface area contributed by atoms with Gasteiger partial charge in [-0.1, -0.05) is 19.1 Å². The Kier molecular flexibility index (Phi) is 4.04. The van der Waals surface area contributed by atoms with Gasteiger partial charge in [-0.05, 0) is 24.1 Å². The fourth-order valence-corrected chi connectivity index (χ4v) is 2.25. The van der Waals surface area contributed by atoms with Crippen molar-refractivity contribution in [3.63, 3.8) is 0 Å². The highest BCUT2D eigenvalue weighted by Gasteiger charge is 2.27. The first-order valence-corrected chi connectivity index (χ1v) is 6.46. The number of carbonyl (C=O) groups excluding carboxylic acids is 1. The molecule has 1 aromatic rings. The van der Waals surface area contributed by atoms with E-state index in [2.05, 4.69) is 12.2 Å². The van der Waals surface area contributed by atoms with Crippen LogP contribution in [0.1, 0.15) is 18.9 Å². The number of anilines is 1. The number of nitrogens with zero attached hydrogens (tertiary/aromatic N) is 1. The minimum atomic E-state index is -0.831. The van der Waals surface area contributed by atoms with Crippen LogP contribution < -0.4 is 10.2 Å². The predicted octanol–water partition coefficient (Wildman–Crippen LogP) is 1.87. The highest BCUT2D eigenvalue weighted by atomic mass is 16.4. The first-order valence-electron chi connectivity index (χ1n) is 6.46. The number of hydrogen-bond donors (Lipinski definition) is 2. The molecule has 1 aliphatic rings. The first-order chi connectivity index (χ1) is 9.10. The lowest BCUT2D eigenvalue weighted by Crippen LogP contribution is -2.51. The number of hydrogen-bond acceptors (Lipinski definition) is 2. The molecule has 2 amide bonds. The second-order valence-electron chi connectivity index (χ2n) is 4.78.